The van der Waals surface area contributed by atoms with E-state index in [9.17, 15) is 31.1 Å². The minimum atomic E-state index is -4.86. The lowest BCUT2D eigenvalue weighted by Gasteiger charge is -2.17. The summed E-state index contributed by atoms with van der Waals surface area (Å²) >= 11 is 0. The van der Waals surface area contributed by atoms with Gasteiger partial charge in [0, 0.05) is 13.6 Å². The van der Waals surface area contributed by atoms with Gasteiger partial charge < -0.3 is 9.64 Å². The number of alkyl halides is 6. The SMILES string of the molecule is CCN(C)C=Nc1ccc(C(=O)OCc2cccc(C(F)(F)F)c2)c(C(F)(F)F)c1C. The molecule has 31 heavy (non-hydrogen) atoms. The maximum Gasteiger partial charge on any atom is 0.417 e. The molecule has 0 N–H and O–H groups in total. The van der Waals surface area contributed by atoms with Crippen molar-refractivity contribution in [2.45, 2.75) is 32.8 Å². The van der Waals surface area contributed by atoms with Gasteiger partial charge in [0.1, 0.15) is 6.61 Å². The molecule has 2 aromatic carbocycles. The third-order valence-electron chi connectivity index (χ3n) is 4.46. The largest absolute Gasteiger partial charge is 0.457 e. The summed E-state index contributed by atoms with van der Waals surface area (Å²) in [5.41, 5.74) is -3.12. The predicted molar refractivity (Wildman–Crippen MR) is 103 cm³/mol. The molecule has 0 aromatic heterocycles. The van der Waals surface area contributed by atoms with Crippen molar-refractivity contribution >= 4 is 18.0 Å². The van der Waals surface area contributed by atoms with Gasteiger partial charge in [0.25, 0.3) is 0 Å². The molecule has 2 aromatic rings. The van der Waals surface area contributed by atoms with Gasteiger partial charge in [-0.15, -0.1) is 0 Å². The van der Waals surface area contributed by atoms with E-state index in [4.69, 9.17) is 4.74 Å². The van der Waals surface area contributed by atoms with Crippen molar-refractivity contribution in [1.82, 2.24) is 4.90 Å². The summed E-state index contributed by atoms with van der Waals surface area (Å²) < 4.78 is 84.2. The standard InChI is InChI=1S/C21H20F6N2O2/c1-4-29(3)12-28-17-9-8-16(18(13(17)2)21(25,26)27)19(30)31-11-14-6-5-7-15(10-14)20(22,23)24/h5-10,12H,4,11H2,1-3H3. The molecule has 0 atom stereocenters. The second kappa shape index (κ2) is 9.40. The highest BCUT2D eigenvalue weighted by Gasteiger charge is 2.38. The lowest BCUT2D eigenvalue weighted by molar-refractivity contribution is -0.139. The van der Waals surface area contributed by atoms with Gasteiger partial charge in [-0.05, 0) is 49.2 Å². The fourth-order valence-corrected chi connectivity index (χ4v) is 2.68. The molecule has 0 saturated heterocycles. The second-order valence-electron chi connectivity index (χ2n) is 6.72. The lowest BCUT2D eigenvalue weighted by atomic mass is 9.99. The van der Waals surface area contributed by atoms with Gasteiger partial charge in [-0.1, -0.05) is 12.1 Å². The van der Waals surface area contributed by atoms with Crippen LogP contribution >= 0.6 is 0 Å². The van der Waals surface area contributed by atoms with E-state index in [0.29, 0.717) is 6.54 Å². The molecule has 0 heterocycles. The molecule has 0 saturated carbocycles. The van der Waals surface area contributed by atoms with E-state index in [0.717, 1.165) is 24.3 Å². The van der Waals surface area contributed by atoms with Gasteiger partial charge in [-0.25, -0.2) is 9.79 Å². The van der Waals surface area contributed by atoms with Gasteiger partial charge in [-0.3, -0.25) is 0 Å². The Kier molecular flexibility index (Phi) is 7.35. The predicted octanol–water partition coefficient (Wildman–Crippen LogP) is 6.00. The molecular formula is C21H20F6N2O2. The van der Waals surface area contributed by atoms with Crippen molar-refractivity contribution < 1.29 is 35.9 Å². The molecule has 0 amide bonds. The van der Waals surface area contributed by atoms with Crippen LogP contribution in [-0.4, -0.2) is 30.8 Å². The number of aliphatic imine (C=N–C) groups is 1. The molecule has 0 spiro atoms. The smallest absolute Gasteiger partial charge is 0.417 e. The minimum Gasteiger partial charge on any atom is -0.457 e. The average molecular weight is 446 g/mol. The Hall–Kier alpha value is -3.04. The normalized spacial score (nSPS) is 12.3. The van der Waals surface area contributed by atoms with Crippen LogP contribution in [0.2, 0.25) is 0 Å². The Labute approximate surface area is 175 Å². The number of rotatable bonds is 6. The van der Waals surface area contributed by atoms with Crippen LogP contribution in [0.4, 0.5) is 32.0 Å². The fraction of sp³-hybridized carbons (Fsp3) is 0.333. The van der Waals surface area contributed by atoms with Crippen LogP contribution in [0.3, 0.4) is 0 Å². The molecule has 0 unspecified atom stereocenters. The molecule has 0 radical (unpaired) electrons. The fourth-order valence-electron chi connectivity index (χ4n) is 2.68. The monoisotopic (exact) mass is 446 g/mol. The van der Waals surface area contributed by atoms with E-state index in [1.807, 2.05) is 6.92 Å². The van der Waals surface area contributed by atoms with Crippen LogP contribution in [0.5, 0.6) is 0 Å². The van der Waals surface area contributed by atoms with Crippen molar-refractivity contribution in [3.8, 4) is 0 Å². The molecule has 10 heteroatoms. The first-order valence-electron chi connectivity index (χ1n) is 9.13. The number of benzene rings is 2. The van der Waals surface area contributed by atoms with Crippen LogP contribution < -0.4 is 0 Å². The lowest BCUT2D eigenvalue weighted by Crippen LogP contribution is -2.17. The maximum atomic E-state index is 13.7. The third-order valence-corrected chi connectivity index (χ3v) is 4.46. The molecule has 0 fully saturated rings. The maximum absolute atomic E-state index is 13.7. The van der Waals surface area contributed by atoms with E-state index in [1.54, 1.807) is 11.9 Å². The molecule has 0 aliphatic rings. The van der Waals surface area contributed by atoms with E-state index in [2.05, 4.69) is 4.99 Å². The van der Waals surface area contributed by atoms with E-state index in [-0.39, 0.29) is 16.8 Å². The second-order valence-corrected chi connectivity index (χ2v) is 6.72. The van der Waals surface area contributed by atoms with Crippen LogP contribution in [-0.2, 0) is 23.7 Å². The number of ether oxygens (including phenoxy) is 1. The summed E-state index contributed by atoms with van der Waals surface area (Å²) in [7, 11) is 1.70. The Bertz CT molecular complexity index is 967. The number of carbonyl (C=O) groups excluding carboxylic acids is 1. The van der Waals surface area contributed by atoms with Crippen LogP contribution in [0, 0.1) is 6.92 Å². The van der Waals surface area contributed by atoms with Crippen molar-refractivity contribution in [2.24, 2.45) is 4.99 Å². The van der Waals surface area contributed by atoms with Crippen molar-refractivity contribution in [2.75, 3.05) is 13.6 Å². The summed E-state index contributed by atoms with van der Waals surface area (Å²) in [6.45, 7) is 3.00. The number of hydrogen-bond donors (Lipinski definition) is 0. The quantitative estimate of drug-likeness (QED) is 0.237. The summed E-state index contributed by atoms with van der Waals surface area (Å²) in [6, 6.07) is 6.21. The first-order valence-corrected chi connectivity index (χ1v) is 9.13. The molecule has 0 aliphatic heterocycles. The van der Waals surface area contributed by atoms with Gasteiger partial charge in [-0.2, -0.15) is 26.3 Å². The Morgan fingerprint density at radius 3 is 2.35 bits per heavy atom. The van der Waals surface area contributed by atoms with Gasteiger partial charge in [0.2, 0.25) is 0 Å². The van der Waals surface area contributed by atoms with Crippen molar-refractivity contribution in [3.05, 3.63) is 64.2 Å². The summed E-state index contributed by atoms with van der Waals surface area (Å²) in [6.07, 6.45) is -8.09. The zero-order valence-corrected chi connectivity index (χ0v) is 16.9. The van der Waals surface area contributed by atoms with Gasteiger partial charge in [0.05, 0.1) is 28.7 Å². The average Bonchev–Trinajstić information content (AvgIpc) is 2.69. The van der Waals surface area contributed by atoms with Crippen LogP contribution in [0.15, 0.2) is 41.4 Å². The highest BCUT2D eigenvalue weighted by Crippen LogP contribution is 2.38. The molecule has 168 valence electrons. The summed E-state index contributed by atoms with van der Waals surface area (Å²) in [5, 5.41) is 0. The highest BCUT2D eigenvalue weighted by molar-refractivity contribution is 5.92. The minimum absolute atomic E-state index is 0.00252. The van der Waals surface area contributed by atoms with Crippen molar-refractivity contribution in [3.63, 3.8) is 0 Å². The third kappa shape index (κ3) is 6.22. The first-order chi connectivity index (χ1) is 14.3. The highest BCUT2D eigenvalue weighted by atomic mass is 19.4. The van der Waals surface area contributed by atoms with E-state index in [1.165, 1.54) is 25.4 Å². The van der Waals surface area contributed by atoms with Gasteiger partial charge in [0.15, 0.2) is 0 Å². The number of esters is 1. The van der Waals surface area contributed by atoms with Crippen molar-refractivity contribution in [1.29, 1.82) is 0 Å². The first kappa shape index (κ1) is 24.2. The number of halogens is 6. The van der Waals surface area contributed by atoms with Crippen LogP contribution in [0.1, 0.15) is 39.5 Å². The molecule has 2 rings (SSSR count). The Balaban J connectivity index is 2.32. The summed E-state index contributed by atoms with van der Waals surface area (Å²) in [4.78, 5) is 18.0. The van der Waals surface area contributed by atoms with E-state index >= 15 is 0 Å². The number of hydrogen-bond acceptors (Lipinski definition) is 3. The number of nitrogens with zero attached hydrogens (tertiary/aromatic N) is 2. The molecule has 4 nitrogen and oxygen atoms in total. The van der Waals surface area contributed by atoms with Crippen LogP contribution in [0.25, 0.3) is 0 Å². The Morgan fingerprint density at radius 2 is 1.77 bits per heavy atom. The summed E-state index contributed by atoms with van der Waals surface area (Å²) in [5.74, 6) is -1.30. The topological polar surface area (TPSA) is 41.9 Å². The molecular weight excluding hydrogens is 426 g/mol. The zero-order valence-electron chi connectivity index (χ0n) is 16.9. The number of carbonyl (C=O) groups is 1. The zero-order chi connectivity index (χ0) is 23.4. The van der Waals surface area contributed by atoms with E-state index < -0.39 is 41.6 Å². The molecule has 0 aliphatic carbocycles. The van der Waals surface area contributed by atoms with Gasteiger partial charge >= 0.3 is 18.3 Å². The Morgan fingerprint density at radius 1 is 1.10 bits per heavy atom. The molecule has 0 bridgehead atoms.